The third kappa shape index (κ3) is 4.09. The molecule has 2 heterocycles. The molecular weight excluding hydrogens is 445 g/mol. The van der Waals surface area contributed by atoms with E-state index < -0.39 is 21.8 Å². The molecule has 0 aliphatic carbocycles. The van der Waals surface area contributed by atoms with Gasteiger partial charge in [0.1, 0.15) is 5.82 Å². The van der Waals surface area contributed by atoms with Gasteiger partial charge in [0.2, 0.25) is 10.0 Å². The number of piperidine rings is 1. The van der Waals surface area contributed by atoms with Crippen molar-refractivity contribution in [3.8, 4) is 5.69 Å². The smallest absolute Gasteiger partial charge is 0.247 e. The Morgan fingerprint density at radius 1 is 0.969 bits per heavy atom. The molecule has 1 aliphatic rings. The Morgan fingerprint density at radius 2 is 1.56 bits per heavy atom. The molecule has 4 rings (SSSR count). The number of aromatic nitrogens is 3. The number of aryl methyl sites for hydroxylation is 1. The molecular formula is C21H21F3N4O3S. The van der Waals surface area contributed by atoms with Crippen LogP contribution >= 0.6 is 0 Å². The maximum atomic E-state index is 12.9. The Hall–Kier alpha value is -2.92. The van der Waals surface area contributed by atoms with Crippen molar-refractivity contribution in [1.29, 1.82) is 0 Å². The summed E-state index contributed by atoms with van der Waals surface area (Å²) in [7, 11) is -2.36. The summed E-state index contributed by atoms with van der Waals surface area (Å²) < 4.78 is 68.2. The van der Waals surface area contributed by atoms with E-state index in [1.54, 1.807) is 19.2 Å². The third-order valence-corrected chi connectivity index (χ3v) is 7.52. The first-order chi connectivity index (χ1) is 15.1. The lowest BCUT2D eigenvalue weighted by molar-refractivity contribution is -0.137. The van der Waals surface area contributed by atoms with E-state index >= 15 is 0 Å². The van der Waals surface area contributed by atoms with Crippen molar-refractivity contribution in [1.82, 2.24) is 18.7 Å². The normalized spacial score (nSPS) is 16.4. The quantitative estimate of drug-likeness (QED) is 0.592. The second-order valence-electron chi connectivity index (χ2n) is 7.64. The molecule has 0 unspecified atom stereocenters. The number of hydrogen-bond donors (Lipinski definition) is 0. The molecule has 2 aromatic carbocycles. The highest BCUT2D eigenvalue weighted by atomic mass is 32.2. The van der Waals surface area contributed by atoms with Crippen LogP contribution in [0.2, 0.25) is 0 Å². The number of benzene rings is 2. The van der Waals surface area contributed by atoms with Gasteiger partial charge in [-0.2, -0.15) is 22.6 Å². The summed E-state index contributed by atoms with van der Waals surface area (Å²) in [5.74, 6) is 0.429. The Kier molecular flexibility index (Phi) is 5.72. The highest BCUT2D eigenvalue weighted by molar-refractivity contribution is 7.89. The predicted octanol–water partition coefficient (Wildman–Crippen LogP) is 3.16. The van der Waals surface area contributed by atoms with Crippen molar-refractivity contribution >= 4 is 10.0 Å². The molecule has 0 saturated carbocycles. The van der Waals surface area contributed by atoms with Crippen LogP contribution in [0.4, 0.5) is 13.2 Å². The van der Waals surface area contributed by atoms with E-state index in [-0.39, 0.29) is 29.6 Å². The van der Waals surface area contributed by atoms with E-state index in [0.29, 0.717) is 24.4 Å². The number of hydrogen-bond acceptors (Lipinski definition) is 4. The van der Waals surface area contributed by atoms with Crippen molar-refractivity contribution in [2.45, 2.75) is 29.8 Å². The summed E-state index contributed by atoms with van der Waals surface area (Å²) >= 11 is 0. The number of halogens is 3. The number of alkyl halides is 3. The summed E-state index contributed by atoms with van der Waals surface area (Å²) in [5, 5.41) is 4.38. The first-order valence-electron chi connectivity index (χ1n) is 9.98. The van der Waals surface area contributed by atoms with Crippen LogP contribution in [0.5, 0.6) is 0 Å². The fraction of sp³-hybridized carbons (Fsp3) is 0.333. The van der Waals surface area contributed by atoms with Crippen LogP contribution in [0.3, 0.4) is 0 Å². The molecule has 1 aliphatic heterocycles. The largest absolute Gasteiger partial charge is 0.416 e. The van der Waals surface area contributed by atoms with Gasteiger partial charge in [0.05, 0.1) is 16.1 Å². The van der Waals surface area contributed by atoms with Crippen molar-refractivity contribution in [3.05, 3.63) is 76.5 Å². The van der Waals surface area contributed by atoms with Gasteiger partial charge in [-0.05, 0) is 49.2 Å². The highest BCUT2D eigenvalue weighted by Gasteiger charge is 2.34. The molecule has 1 aromatic heterocycles. The van der Waals surface area contributed by atoms with Gasteiger partial charge in [0.15, 0.2) is 0 Å². The number of rotatable bonds is 4. The Labute approximate surface area is 182 Å². The van der Waals surface area contributed by atoms with E-state index in [1.165, 1.54) is 13.6 Å². The molecule has 0 atom stereocenters. The third-order valence-electron chi connectivity index (χ3n) is 5.60. The van der Waals surface area contributed by atoms with Crippen LogP contribution in [-0.4, -0.2) is 40.2 Å². The molecule has 32 heavy (non-hydrogen) atoms. The summed E-state index contributed by atoms with van der Waals surface area (Å²) in [6, 6.07) is 12.6. The molecule has 170 valence electrons. The average Bonchev–Trinajstić information content (AvgIpc) is 3.08. The summed E-state index contributed by atoms with van der Waals surface area (Å²) in [6.45, 7) is 0.348. The topological polar surface area (TPSA) is 77.2 Å². The molecule has 0 bridgehead atoms. The Bertz CT molecular complexity index is 1260. The van der Waals surface area contributed by atoms with Crippen molar-refractivity contribution in [2.24, 2.45) is 7.05 Å². The Balaban J connectivity index is 1.54. The monoisotopic (exact) mass is 466 g/mol. The average molecular weight is 466 g/mol. The lowest BCUT2D eigenvalue weighted by Crippen LogP contribution is -2.38. The van der Waals surface area contributed by atoms with Gasteiger partial charge in [-0.3, -0.25) is 0 Å². The first-order valence-corrected chi connectivity index (χ1v) is 11.4. The number of sulfonamides is 1. The van der Waals surface area contributed by atoms with Gasteiger partial charge >= 0.3 is 11.9 Å². The molecule has 0 amide bonds. The molecule has 0 N–H and O–H groups in total. The van der Waals surface area contributed by atoms with Crippen molar-refractivity contribution in [3.63, 3.8) is 0 Å². The summed E-state index contributed by atoms with van der Waals surface area (Å²) in [4.78, 5) is 12.4. The maximum Gasteiger partial charge on any atom is 0.416 e. The van der Waals surface area contributed by atoms with Crippen LogP contribution in [0.15, 0.2) is 64.3 Å². The van der Waals surface area contributed by atoms with Gasteiger partial charge in [0, 0.05) is 26.1 Å². The predicted molar refractivity (Wildman–Crippen MR) is 111 cm³/mol. The van der Waals surface area contributed by atoms with E-state index in [1.807, 2.05) is 18.2 Å². The number of nitrogens with zero attached hydrogens (tertiary/aromatic N) is 4. The molecule has 0 spiro atoms. The fourth-order valence-electron chi connectivity index (χ4n) is 3.89. The van der Waals surface area contributed by atoms with Crippen molar-refractivity contribution < 1.29 is 21.6 Å². The van der Waals surface area contributed by atoms with Gasteiger partial charge in [-0.15, -0.1) is 0 Å². The van der Waals surface area contributed by atoms with Crippen LogP contribution in [0.1, 0.15) is 30.1 Å². The SMILES string of the molecule is Cn1nc(C2CCN(S(=O)(=O)c3ccc(C(F)(F)F)cc3)CC2)n(-c2ccccc2)c1=O. The van der Waals surface area contributed by atoms with Gasteiger partial charge in [-0.1, -0.05) is 18.2 Å². The van der Waals surface area contributed by atoms with E-state index in [9.17, 15) is 26.4 Å². The molecule has 1 fully saturated rings. The molecule has 7 nitrogen and oxygen atoms in total. The lowest BCUT2D eigenvalue weighted by Gasteiger charge is -2.30. The zero-order valence-electron chi connectivity index (χ0n) is 17.2. The summed E-state index contributed by atoms with van der Waals surface area (Å²) in [6.07, 6.45) is -3.66. The van der Waals surface area contributed by atoms with E-state index in [0.717, 1.165) is 24.3 Å². The van der Waals surface area contributed by atoms with Gasteiger partial charge in [0.25, 0.3) is 0 Å². The minimum Gasteiger partial charge on any atom is -0.247 e. The fourth-order valence-corrected chi connectivity index (χ4v) is 5.36. The molecule has 0 radical (unpaired) electrons. The van der Waals surface area contributed by atoms with Crippen LogP contribution in [0.25, 0.3) is 5.69 Å². The van der Waals surface area contributed by atoms with Gasteiger partial charge in [-0.25, -0.2) is 22.5 Å². The van der Waals surface area contributed by atoms with E-state index in [2.05, 4.69) is 5.10 Å². The van der Waals surface area contributed by atoms with Crippen molar-refractivity contribution in [2.75, 3.05) is 13.1 Å². The summed E-state index contributed by atoms with van der Waals surface area (Å²) in [5.41, 5.74) is -0.504. The highest BCUT2D eigenvalue weighted by Crippen LogP contribution is 2.32. The zero-order chi connectivity index (χ0) is 23.1. The lowest BCUT2D eigenvalue weighted by atomic mass is 9.97. The Morgan fingerprint density at radius 3 is 2.12 bits per heavy atom. The molecule has 11 heteroatoms. The second-order valence-corrected chi connectivity index (χ2v) is 9.57. The zero-order valence-corrected chi connectivity index (χ0v) is 18.0. The minimum atomic E-state index is -4.53. The number of para-hydroxylation sites is 1. The van der Waals surface area contributed by atoms with Crippen LogP contribution in [-0.2, 0) is 23.2 Å². The first kappa shape index (κ1) is 22.3. The van der Waals surface area contributed by atoms with Crippen LogP contribution < -0.4 is 5.69 Å². The second kappa shape index (κ2) is 8.21. The molecule has 3 aromatic rings. The van der Waals surface area contributed by atoms with Gasteiger partial charge < -0.3 is 0 Å². The van der Waals surface area contributed by atoms with E-state index in [4.69, 9.17) is 0 Å². The van der Waals surface area contributed by atoms with Crippen LogP contribution in [0, 0.1) is 0 Å². The minimum absolute atomic E-state index is 0.136. The molecule has 1 saturated heterocycles. The maximum absolute atomic E-state index is 12.9. The standard InChI is InChI=1S/C21H21F3N4O3S/c1-26-20(29)28(17-5-3-2-4-6-17)19(25-26)15-11-13-27(14-12-15)32(30,31)18-9-7-16(8-10-18)21(22,23)24/h2-10,15H,11-14H2,1H3.